The number of aryl methyl sites for hydroxylation is 1. The van der Waals surface area contributed by atoms with Crippen LogP contribution in [-0.4, -0.2) is 85.2 Å². The van der Waals surface area contributed by atoms with Gasteiger partial charge in [0.05, 0.1) is 17.3 Å². The lowest BCUT2D eigenvalue weighted by molar-refractivity contribution is -0.193. The predicted molar refractivity (Wildman–Crippen MR) is 185 cm³/mol. The van der Waals surface area contributed by atoms with Gasteiger partial charge in [-0.3, -0.25) is 14.2 Å². The van der Waals surface area contributed by atoms with Crippen molar-refractivity contribution in [2.24, 2.45) is 4.99 Å². The number of hydrogen-bond acceptors (Lipinski definition) is 11. The van der Waals surface area contributed by atoms with Gasteiger partial charge in [0.1, 0.15) is 35.0 Å². The quantitative estimate of drug-likeness (QED) is 0.125. The molecular weight excluding hydrogens is 676 g/mol. The van der Waals surface area contributed by atoms with E-state index >= 15 is 0 Å². The summed E-state index contributed by atoms with van der Waals surface area (Å²) < 4.78 is 25.3. The second-order valence-corrected chi connectivity index (χ2v) is 14.8. The van der Waals surface area contributed by atoms with E-state index in [0.717, 1.165) is 0 Å². The van der Waals surface area contributed by atoms with Crippen molar-refractivity contribution in [2.75, 3.05) is 13.2 Å². The summed E-state index contributed by atoms with van der Waals surface area (Å²) in [6.45, 7) is 15.8. The summed E-state index contributed by atoms with van der Waals surface area (Å²) in [5, 5.41) is 3.24. The second-order valence-electron chi connectivity index (χ2n) is 14.8. The number of amides is 4. The fourth-order valence-electron chi connectivity index (χ4n) is 4.68. The SMILES string of the molecule is CC(C)(C)OC(=O)N=c1n(CCCNC(=O)OC(C)(C)C)ccn1-c1ccc(OC[C@H](ON2C(=O)c3ccccc3C2=O)C(=O)OC(C)(C)C)cn1. The van der Waals surface area contributed by atoms with E-state index in [1.807, 2.05) is 0 Å². The molecule has 16 heteroatoms. The maximum atomic E-state index is 13.1. The summed E-state index contributed by atoms with van der Waals surface area (Å²) in [7, 11) is 0. The molecule has 2 aromatic heterocycles. The van der Waals surface area contributed by atoms with Crippen LogP contribution in [0.4, 0.5) is 9.59 Å². The molecule has 3 aromatic rings. The number of nitrogens with one attached hydrogen (secondary N) is 1. The number of imidazole rings is 1. The standard InChI is InChI=1S/C36H46N6O10/c1-34(2,3)49-30(45)26(52-42-28(43)24-13-10-11-14-25(24)29(42)44)22-48-23-15-16-27(38-21-23)41-20-19-40(31(41)39-33(47)51-36(7,8)9)18-12-17-37-32(46)50-35(4,5)6/h10-11,13-16,19-21,26H,12,17-18,22H2,1-9H3,(H,37,46)/t26-/m0/s1. The summed E-state index contributed by atoms with van der Waals surface area (Å²) in [4.78, 5) is 78.1. The Hall–Kier alpha value is -5.51. The average molecular weight is 723 g/mol. The molecule has 1 aliphatic heterocycles. The lowest BCUT2D eigenvalue weighted by Crippen LogP contribution is -2.43. The first-order valence-corrected chi connectivity index (χ1v) is 16.7. The maximum Gasteiger partial charge on any atom is 0.437 e. The number of hydroxylamine groups is 2. The van der Waals surface area contributed by atoms with E-state index in [-0.39, 0.29) is 22.5 Å². The van der Waals surface area contributed by atoms with E-state index in [2.05, 4.69) is 15.3 Å². The van der Waals surface area contributed by atoms with Crippen molar-refractivity contribution in [1.29, 1.82) is 0 Å². The molecule has 1 aromatic carbocycles. The van der Waals surface area contributed by atoms with Crippen LogP contribution in [-0.2, 0) is 30.4 Å². The Bertz CT molecular complexity index is 1820. The van der Waals surface area contributed by atoms with Crippen LogP contribution in [0.15, 0.2) is 60.0 Å². The van der Waals surface area contributed by atoms with E-state index in [1.54, 1.807) is 108 Å². The molecule has 0 saturated heterocycles. The number of ether oxygens (including phenoxy) is 4. The van der Waals surface area contributed by atoms with Crippen LogP contribution < -0.4 is 15.7 Å². The summed E-state index contributed by atoms with van der Waals surface area (Å²) in [6, 6.07) is 9.40. The Morgan fingerprint density at radius 1 is 0.827 bits per heavy atom. The number of benzene rings is 1. The van der Waals surface area contributed by atoms with Crippen molar-refractivity contribution in [1.82, 2.24) is 24.5 Å². The zero-order valence-electron chi connectivity index (χ0n) is 30.9. The van der Waals surface area contributed by atoms with Gasteiger partial charge in [0, 0.05) is 25.5 Å². The van der Waals surface area contributed by atoms with E-state index in [9.17, 15) is 24.0 Å². The van der Waals surface area contributed by atoms with Gasteiger partial charge in [-0.1, -0.05) is 12.1 Å². The van der Waals surface area contributed by atoms with Crippen LogP contribution in [0.5, 0.6) is 5.75 Å². The molecule has 1 atom stereocenters. The summed E-state index contributed by atoms with van der Waals surface area (Å²) in [6.07, 6.45) is 2.43. The molecule has 1 aliphatic rings. The number of esters is 1. The Balaban J connectivity index is 1.51. The van der Waals surface area contributed by atoms with Gasteiger partial charge in [-0.25, -0.2) is 24.2 Å². The van der Waals surface area contributed by atoms with E-state index in [4.69, 9.17) is 23.8 Å². The van der Waals surface area contributed by atoms with Gasteiger partial charge in [-0.15, -0.1) is 10.1 Å². The van der Waals surface area contributed by atoms with E-state index in [0.29, 0.717) is 30.4 Å². The molecule has 0 fully saturated rings. The Morgan fingerprint density at radius 3 is 2.00 bits per heavy atom. The van der Waals surface area contributed by atoms with Crippen molar-refractivity contribution < 1.29 is 47.8 Å². The molecule has 0 aliphatic carbocycles. The number of hydrogen-bond donors (Lipinski definition) is 1. The molecule has 1 N–H and O–H groups in total. The first-order valence-electron chi connectivity index (χ1n) is 16.7. The maximum absolute atomic E-state index is 13.1. The molecule has 0 unspecified atom stereocenters. The average Bonchev–Trinajstić information content (AvgIpc) is 3.52. The molecule has 0 spiro atoms. The van der Waals surface area contributed by atoms with Crippen molar-refractivity contribution in [3.05, 3.63) is 71.7 Å². The summed E-state index contributed by atoms with van der Waals surface area (Å²) >= 11 is 0. The van der Waals surface area contributed by atoms with Gasteiger partial charge in [0.25, 0.3) is 11.8 Å². The molecule has 4 amide bonds. The number of rotatable bonds is 11. The van der Waals surface area contributed by atoms with E-state index in [1.165, 1.54) is 18.3 Å². The van der Waals surface area contributed by atoms with Crippen LogP contribution in [0.25, 0.3) is 5.82 Å². The monoisotopic (exact) mass is 722 g/mol. The predicted octanol–water partition coefficient (Wildman–Crippen LogP) is 4.74. The first-order chi connectivity index (χ1) is 24.2. The van der Waals surface area contributed by atoms with Crippen LogP contribution in [0.3, 0.4) is 0 Å². The largest absolute Gasteiger partial charge is 0.489 e. The highest BCUT2D eigenvalue weighted by molar-refractivity contribution is 6.20. The molecule has 16 nitrogen and oxygen atoms in total. The summed E-state index contributed by atoms with van der Waals surface area (Å²) in [5.41, 5.74) is -1.79. The van der Waals surface area contributed by atoms with Crippen LogP contribution in [0.1, 0.15) is 89.5 Å². The number of alkyl carbamates (subject to hydrolysis) is 1. The minimum Gasteiger partial charge on any atom is -0.489 e. The van der Waals surface area contributed by atoms with Gasteiger partial charge < -0.3 is 28.8 Å². The summed E-state index contributed by atoms with van der Waals surface area (Å²) in [5.74, 6) is -1.68. The Kier molecular flexibility index (Phi) is 11.9. The zero-order valence-corrected chi connectivity index (χ0v) is 30.9. The molecule has 3 heterocycles. The zero-order chi connectivity index (χ0) is 38.4. The highest BCUT2D eigenvalue weighted by atomic mass is 16.7. The first kappa shape index (κ1) is 39.3. The minimum atomic E-state index is -1.49. The van der Waals surface area contributed by atoms with Gasteiger partial charge >= 0.3 is 18.2 Å². The smallest absolute Gasteiger partial charge is 0.437 e. The number of carbonyl (C=O) groups excluding carboxylic acids is 5. The van der Waals surface area contributed by atoms with Gasteiger partial charge in [0.15, 0.2) is 0 Å². The van der Waals surface area contributed by atoms with Gasteiger partial charge in [-0.2, -0.15) is 0 Å². The number of fused-ring (bicyclic) bond motifs is 1. The highest BCUT2D eigenvalue weighted by Gasteiger charge is 2.40. The second kappa shape index (κ2) is 15.8. The normalized spacial score (nSPS) is 14.2. The molecule has 0 bridgehead atoms. The van der Waals surface area contributed by atoms with Gasteiger partial charge in [-0.05, 0) is 93.0 Å². The fraction of sp³-hybridized carbons (Fsp3) is 0.472. The molecule has 52 heavy (non-hydrogen) atoms. The number of aromatic nitrogens is 3. The molecule has 0 radical (unpaired) electrons. The lowest BCUT2D eigenvalue weighted by Gasteiger charge is -2.25. The van der Waals surface area contributed by atoms with Crippen molar-refractivity contribution in [3.8, 4) is 11.6 Å². The third kappa shape index (κ3) is 11.0. The van der Waals surface area contributed by atoms with Crippen LogP contribution in [0.2, 0.25) is 0 Å². The molecule has 4 rings (SSSR count). The molecule has 0 saturated carbocycles. The Labute approximate surface area is 301 Å². The van der Waals surface area contributed by atoms with Crippen LogP contribution in [0, 0.1) is 0 Å². The number of nitrogens with zero attached hydrogens (tertiary/aromatic N) is 5. The van der Waals surface area contributed by atoms with Crippen molar-refractivity contribution >= 4 is 30.0 Å². The van der Waals surface area contributed by atoms with Crippen molar-refractivity contribution in [2.45, 2.75) is 98.2 Å². The molecule has 280 valence electrons. The molecular formula is C36H46N6O10. The highest BCUT2D eigenvalue weighted by Crippen LogP contribution is 2.24. The Morgan fingerprint density at radius 2 is 1.44 bits per heavy atom. The van der Waals surface area contributed by atoms with Crippen LogP contribution >= 0.6 is 0 Å². The van der Waals surface area contributed by atoms with Crippen molar-refractivity contribution in [3.63, 3.8) is 0 Å². The van der Waals surface area contributed by atoms with E-state index < -0.39 is 59.5 Å². The number of pyridine rings is 1. The van der Waals surface area contributed by atoms with Gasteiger partial charge in [0.2, 0.25) is 11.7 Å². The topological polar surface area (TPSA) is 182 Å². The lowest BCUT2D eigenvalue weighted by atomic mass is 10.1. The fourth-order valence-corrected chi connectivity index (χ4v) is 4.68. The third-order valence-electron chi connectivity index (χ3n) is 6.72. The number of imide groups is 1. The minimum absolute atomic E-state index is 0.151. The number of carbonyl (C=O) groups is 5. The third-order valence-corrected chi connectivity index (χ3v) is 6.72.